The fraction of sp³-hybridized carbons (Fsp3) is 0.778. The summed E-state index contributed by atoms with van der Waals surface area (Å²) in [6.45, 7) is 9.82. The lowest BCUT2D eigenvalue weighted by atomic mass is 9.83. The third-order valence-electron chi connectivity index (χ3n) is 7.28. The number of piperidine rings is 1. The van der Waals surface area contributed by atoms with Crippen molar-refractivity contribution in [3.05, 3.63) is 28.2 Å². The van der Waals surface area contributed by atoms with Crippen molar-refractivity contribution in [3.63, 3.8) is 0 Å². The number of benzene rings is 1. The minimum atomic E-state index is 0.222. The van der Waals surface area contributed by atoms with E-state index in [9.17, 15) is 0 Å². The summed E-state index contributed by atoms with van der Waals surface area (Å²) in [6, 6.07) is 7.17. The Morgan fingerprint density at radius 3 is 2.50 bits per heavy atom. The lowest BCUT2D eigenvalue weighted by Crippen LogP contribution is -2.36. The molecule has 5 heteroatoms. The Labute approximate surface area is 204 Å². The number of rotatable bonds is 12. The number of methoxy groups -OCH3 is 1. The quantitative estimate of drug-likeness (QED) is 0.347. The van der Waals surface area contributed by atoms with Gasteiger partial charge in [-0.1, -0.05) is 15.9 Å². The van der Waals surface area contributed by atoms with E-state index in [0.29, 0.717) is 0 Å². The van der Waals surface area contributed by atoms with Gasteiger partial charge in [-0.15, -0.1) is 0 Å². The zero-order chi connectivity index (χ0) is 22.8. The van der Waals surface area contributed by atoms with Crippen LogP contribution in [0.25, 0.3) is 0 Å². The smallest absolute Gasteiger partial charge is 0.120 e. The van der Waals surface area contributed by atoms with Crippen LogP contribution in [-0.4, -0.2) is 56.9 Å². The van der Waals surface area contributed by atoms with Gasteiger partial charge in [0.1, 0.15) is 5.75 Å². The Balaban J connectivity index is 1.30. The molecule has 182 valence electrons. The van der Waals surface area contributed by atoms with Crippen LogP contribution in [0.4, 0.5) is 0 Å². The number of nitrogens with one attached hydrogen (secondary N) is 1. The van der Waals surface area contributed by atoms with Gasteiger partial charge in [0.15, 0.2) is 0 Å². The molecule has 2 aliphatic rings. The molecule has 0 atom stereocenters. The molecule has 1 aromatic rings. The minimum absolute atomic E-state index is 0.222. The maximum Gasteiger partial charge on any atom is 0.120 e. The van der Waals surface area contributed by atoms with Crippen LogP contribution in [0.15, 0.2) is 22.7 Å². The van der Waals surface area contributed by atoms with E-state index in [1.165, 1.54) is 81.0 Å². The molecule has 0 bridgehead atoms. The Bertz CT molecular complexity index is 653. The second-order valence-electron chi connectivity index (χ2n) is 10.2. The van der Waals surface area contributed by atoms with Crippen LogP contribution in [-0.2, 0) is 11.2 Å². The van der Waals surface area contributed by atoms with Gasteiger partial charge in [0.05, 0.1) is 12.7 Å². The summed E-state index contributed by atoms with van der Waals surface area (Å²) in [4.78, 5) is 2.71. The molecule has 3 rings (SSSR count). The van der Waals surface area contributed by atoms with Crippen LogP contribution in [0.2, 0.25) is 0 Å². The van der Waals surface area contributed by atoms with Gasteiger partial charge < -0.3 is 19.7 Å². The molecule has 4 nitrogen and oxygen atoms in total. The van der Waals surface area contributed by atoms with E-state index >= 15 is 0 Å². The molecule has 2 fully saturated rings. The first-order valence-corrected chi connectivity index (χ1v) is 13.7. The highest BCUT2D eigenvalue weighted by atomic mass is 79.9. The van der Waals surface area contributed by atoms with Crippen LogP contribution >= 0.6 is 15.9 Å². The van der Waals surface area contributed by atoms with Crippen molar-refractivity contribution in [2.24, 2.45) is 11.8 Å². The highest BCUT2D eigenvalue weighted by Crippen LogP contribution is 2.30. The zero-order valence-electron chi connectivity index (χ0n) is 20.6. The predicted octanol–water partition coefficient (Wildman–Crippen LogP) is 6.07. The minimum Gasteiger partial charge on any atom is -0.491 e. The summed E-state index contributed by atoms with van der Waals surface area (Å²) in [5.74, 6) is 2.74. The highest BCUT2D eigenvalue weighted by Gasteiger charge is 2.23. The number of hydrogen-bond acceptors (Lipinski definition) is 4. The predicted molar refractivity (Wildman–Crippen MR) is 138 cm³/mol. The number of halogens is 1. The first-order chi connectivity index (χ1) is 15.5. The molecular weight excluding hydrogens is 464 g/mol. The van der Waals surface area contributed by atoms with Gasteiger partial charge in [0.25, 0.3) is 0 Å². The van der Waals surface area contributed by atoms with Gasteiger partial charge in [-0.25, -0.2) is 0 Å². The lowest BCUT2D eigenvalue weighted by molar-refractivity contribution is 0.171. The Hall–Kier alpha value is -0.620. The van der Waals surface area contributed by atoms with Crippen molar-refractivity contribution in [1.29, 1.82) is 0 Å². The van der Waals surface area contributed by atoms with Gasteiger partial charge in [-0.2, -0.15) is 0 Å². The van der Waals surface area contributed by atoms with Crippen molar-refractivity contribution in [2.45, 2.75) is 83.8 Å². The third kappa shape index (κ3) is 8.96. The second-order valence-corrected chi connectivity index (χ2v) is 11.1. The molecule has 0 unspecified atom stereocenters. The van der Waals surface area contributed by atoms with E-state index in [1.54, 1.807) is 7.11 Å². The Morgan fingerprint density at radius 2 is 1.81 bits per heavy atom. The van der Waals surface area contributed by atoms with Crippen molar-refractivity contribution < 1.29 is 9.47 Å². The SMILES string of the molecule is COCCN[C@H]1CC[C@H](CCCN2CCC(Cc3cc(OC(C)C)ccc3Br)CC2)CC1. The fourth-order valence-corrected chi connectivity index (χ4v) is 5.81. The summed E-state index contributed by atoms with van der Waals surface area (Å²) < 4.78 is 12.3. The summed E-state index contributed by atoms with van der Waals surface area (Å²) in [5.41, 5.74) is 1.40. The molecule has 0 spiro atoms. The summed E-state index contributed by atoms with van der Waals surface area (Å²) >= 11 is 3.75. The first-order valence-electron chi connectivity index (χ1n) is 12.9. The normalized spacial score (nSPS) is 23.0. The molecule has 1 saturated heterocycles. The molecule has 1 aromatic carbocycles. The largest absolute Gasteiger partial charge is 0.491 e. The third-order valence-corrected chi connectivity index (χ3v) is 8.05. The summed E-state index contributed by atoms with van der Waals surface area (Å²) in [5, 5.41) is 3.64. The molecule has 1 aliphatic carbocycles. The van der Waals surface area contributed by atoms with E-state index in [4.69, 9.17) is 9.47 Å². The Kier molecular flexibility index (Phi) is 11.3. The van der Waals surface area contributed by atoms with Gasteiger partial charge >= 0.3 is 0 Å². The first kappa shape index (κ1) is 26.0. The summed E-state index contributed by atoms with van der Waals surface area (Å²) in [6.07, 6.45) is 12.3. The van der Waals surface area contributed by atoms with E-state index in [1.807, 2.05) is 0 Å². The Morgan fingerprint density at radius 1 is 1.06 bits per heavy atom. The molecule has 1 aliphatic heterocycles. The maximum absolute atomic E-state index is 5.90. The van der Waals surface area contributed by atoms with E-state index in [-0.39, 0.29) is 6.10 Å². The molecule has 32 heavy (non-hydrogen) atoms. The van der Waals surface area contributed by atoms with Crippen molar-refractivity contribution in [2.75, 3.05) is 39.9 Å². The van der Waals surface area contributed by atoms with E-state index in [2.05, 4.69) is 58.2 Å². The average Bonchev–Trinajstić information content (AvgIpc) is 2.78. The second kappa shape index (κ2) is 13.9. The standard InChI is InChI=1S/C27H45BrN2O2/c1-21(2)32-26-10-11-27(28)24(20-26)19-23-12-16-30(17-13-23)15-4-5-22-6-8-25(9-7-22)29-14-18-31-3/h10-11,20-23,25,29H,4-9,12-19H2,1-3H3/t22-,25-. The lowest BCUT2D eigenvalue weighted by Gasteiger charge is -2.33. The van der Waals surface area contributed by atoms with Gasteiger partial charge in [0.2, 0.25) is 0 Å². The number of nitrogens with zero attached hydrogens (tertiary/aromatic N) is 1. The van der Waals surface area contributed by atoms with Crippen molar-refractivity contribution in [3.8, 4) is 5.75 Å². The van der Waals surface area contributed by atoms with E-state index in [0.717, 1.165) is 43.2 Å². The van der Waals surface area contributed by atoms with Crippen LogP contribution in [0.3, 0.4) is 0 Å². The van der Waals surface area contributed by atoms with Crippen LogP contribution in [0.1, 0.15) is 70.8 Å². The van der Waals surface area contributed by atoms with Crippen LogP contribution < -0.4 is 10.1 Å². The summed E-state index contributed by atoms with van der Waals surface area (Å²) in [7, 11) is 1.78. The molecule has 1 heterocycles. The molecule has 0 radical (unpaired) electrons. The maximum atomic E-state index is 5.90. The molecule has 1 N–H and O–H groups in total. The van der Waals surface area contributed by atoms with Crippen LogP contribution in [0, 0.1) is 11.8 Å². The van der Waals surface area contributed by atoms with Gasteiger partial charge in [-0.3, -0.25) is 0 Å². The topological polar surface area (TPSA) is 33.7 Å². The van der Waals surface area contributed by atoms with Crippen molar-refractivity contribution >= 4 is 15.9 Å². The van der Waals surface area contributed by atoms with E-state index < -0.39 is 0 Å². The zero-order valence-corrected chi connectivity index (χ0v) is 22.2. The van der Waals surface area contributed by atoms with Crippen LogP contribution in [0.5, 0.6) is 5.75 Å². The van der Waals surface area contributed by atoms with Crippen molar-refractivity contribution in [1.82, 2.24) is 10.2 Å². The number of likely N-dealkylation sites (tertiary alicyclic amines) is 1. The average molecular weight is 510 g/mol. The number of hydrogen-bond donors (Lipinski definition) is 1. The monoisotopic (exact) mass is 508 g/mol. The molecule has 1 saturated carbocycles. The number of ether oxygens (including phenoxy) is 2. The molecular formula is C27H45BrN2O2. The highest BCUT2D eigenvalue weighted by molar-refractivity contribution is 9.10. The van der Waals surface area contributed by atoms with Gasteiger partial charge in [-0.05, 0) is 127 Å². The van der Waals surface area contributed by atoms with Gasteiger partial charge in [0, 0.05) is 24.2 Å². The molecule has 0 amide bonds. The fourth-order valence-electron chi connectivity index (χ4n) is 5.40. The molecule has 0 aromatic heterocycles.